The zero-order valence-corrected chi connectivity index (χ0v) is 14.0. The lowest BCUT2D eigenvalue weighted by Crippen LogP contribution is -2.15. The van der Waals surface area contributed by atoms with E-state index < -0.39 is 0 Å². The Labute approximate surface area is 142 Å². The van der Waals surface area contributed by atoms with Gasteiger partial charge in [0.1, 0.15) is 11.1 Å². The Kier molecular flexibility index (Phi) is 3.64. The molecule has 3 N–H and O–H groups in total. The molecule has 1 aromatic carbocycles. The van der Waals surface area contributed by atoms with Gasteiger partial charge in [-0.1, -0.05) is 0 Å². The Balaban J connectivity index is 1.53. The van der Waals surface area contributed by atoms with Crippen LogP contribution in [0, 0.1) is 0 Å². The molecule has 0 fully saturated rings. The normalized spacial score (nSPS) is 11.3. The van der Waals surface area contributed by atoms with Gasteiger partial charge < -0.3 is 15.0 Å². The highest BCUT2D eigenvalue weighted by molar-refractivity contribution is 5.84. The molecule has 0 unspecified atom stereocenters. The van der Waals surface area contributed by atoms with Crippen molar-refractivity contribution in [2.24, 2.45) is 7.05 Å². The van der Waals surface area contributed by atoms with Gasteiger partial charge in [0.05, 0.1) is 13.3 Å². The van der Waals surface area contributed by atoms with Gasteiger partial charge in [-0.25, -0.2) is 0 Å². The van der Waals surface area contributed by atoms with Crippen molar-refractivity contribution >= 4 is 27.9 Å². The maximum atomic E-state index is 12.0. The van der Waals surface area contributed by atoms with E-state index in [0.717, 1.165) is 23.1 Å². The van der Waals surface area contributed by atoms with E-state index in [0.29, 0.717) is 23.5 Å². The number of anilines is 1. The quantitative estimate of drug-likeness (QED) is 0.515. The first-order chi connectivity index (χ1) is 12.2. The average molecular weight is 338 g/mol. The number of rotatable bonds is 5. The van der Waals surface area contributed by atoms with E-state index in [2.05, 4.69) is 25.4 Å². The fourth-order valence-corrected chi connectivity index (χ4v) is 2.92. The summed E-state index contributed by atoms with van der Waals surface area (Å²) in [5, 5.41) is 8.85. The van der Waals surface area contributed by atoms with Gasteiger partial charge in [-0.05, 0) is 30.2 Å². The summed E-state index contributed by atoms with van der Waals surface area (Å²) in [4.78, 5) is 22.4. The van der Waals surface area contributed by atoms with E-state index >= 15 is 0 Å². The third kappa shape index (κ3) is 2.71. The fourth-order valence-electron chi connectivity index (χ4n) is 2.92. The van der Waals surface area contributed by atoms with Crippen LogP contribution in [0.4, 0.5) is 5.95 Å². The van der Waals surface area contributed by atoms with E-state index in [4.69, 9.17) is 4.74 Å². The zero-order valence-electron chi connectivity index (χ0n) is 14.0. The molecule has 0 aliphatic carbocycles. The summed E-state index contributed by atoms with van der Waals surface area (Å²) in [5.41, 5.74) is 2.60. The molecule has 8 heteroatoms. The van der Waals surface area contributed by atoms with Crippen LogP contribution < -0.4 is 15.6 Å². The number of H-pyrrole nitrogens is 2. The molecule has 0 radical (unpaired) electrons. The van der Waals surface area contributed by atoms with Gasteiger partial charge in [-0.2, -0.15) is 10.1 Å². The topological polar surface area (TPSA) is 101 Å². The van der Waals surface area contributed by atoms with Crippen molar-refractivity contribution in [3.8, 4) is 5.75 Å². The second-order valence-electron chi connectivity index (χ2n) is 5.82. The largest absolute Gasteiger partial charge is 0.497 e. The number of fused-ring (bicyclic) bond motifs is 2. The van der Waals surface area contributed by atoms with Crippen molar-refractivity contribution < 1.29 is 4.74 Å². The van der Waals surface area contributed by atoms with Gasteiger partial charge in [-0.15, -0.1) is 0 Å². The molecule has 0 bridgehead atoms. The molecule has 4 aromatic rings. The van der Waals surface area contributed by atoms with Crippen LogP contribution in [0.2, 0.25) is 0 Å². The highest BCUT2D eigenvalue weighted by Crippen LogP contribution is 2.23. The van der Waals surface area contributed by atoms with Crippen molar-refractivity contribution in [3.63, 3.8) is 0 Å². The molecule has 128 valence electrons. The fraction of sp³-hybridized carbons (Fsp3) is 0.235. The maximum absolute atomic E-state index is 12.0. The lowest BCUT2D eigenvalue weighted by atomic mass is 10.1. The van der Waals surface area contributed by atoms with Crippen LogP contribution in [0.3, 0.4) is 0 Å². The highest BCUT2D eigenvalue weighted by atomic mass is 16.5. The average Bonchev–Trinajstić information content (AvgIpc) is 3.19. The summed E-state index contributed by atoms with van der Waals surface area (Å²) in [6.07, 6.45) is 4.29. The summed E-state index contributed by atoms with van der Waals surface area (Å²) in [6.45, 7) is 0.635. The van der Waals surface area contributed by atoms with E-state index in [-0.39, 0.29) is 5.56 Å². The van der Waals surface area contributed by atoms with Crippen molar-refractivity contribution in [3.05, 3.63) is 46.5 Å². The van der Waals surface area contributed by atoms with Crippen LogP contribution >= 0.6 is 0 Å². The molecule has 0 spiro atoms. The van der Waals surface area contributed by atoms with Gasteiger partial charge in [0, 0.05) is 30.7 Å². The van der Waals surface area contributed by atoms with Crippen molar-refractivity contribution in [1.29, 1.82) is 0 Å². The molecule has 0 aliphatic rings. The smallest absolute Gasteiger partial charge is 0.263 e. The molecule has 8 nitrogen and oxygen atoms in total. The van der Waals surface area contributed by atoms with Crippen LogP contribution in [-0.2, 0) is 13.5 Å². The molecule has 0 amide bonds. The van der Waals surface area contributed by atoms with Crippen molar-refractivity contribution in [2.75, 3.05) is 19.0 Å². The number of nitrogens with zero attached hydrogens (tertiary/aromatic N) is 3. The van der Waals surface area contributed by atoms with E-state index in [9.17, 15) is 4.79 Å². The Hall–Kier alpha value is -3.29. The Morgan fingerprint density at radius 3 is 3.04 bits per heavy atom. The number of benzene rings is 1. The number of aryl methyl sites for hydroxylation is 1. The predicted molar refractivity (Wildman–Crippen MR) is 96.2 cm³/mol. The number of nitrogens with one attached hydrogen (secondary N) is 3. The first-order valence-electron chi connectivity index (χ1n) is 7.95. The molecular weight excluding hydrogens is 320 g/mol. The lowest BCUT2D eigenvalue weighted by Gasteiger charge is -2.06. The first-order valence-corrected chi connectivity index (χ1v) is 7.95. The SMILES string of the molecule is COc1ccc2[nH]cc(CCNc3nc4c(cnn4C)c(=O)[nH]3)c2c1. The van der Waals surface area contributed by atoms with Crippen LogP contribution in [0.15, 0.2) is 35.4 Å². The molecule has 25 heavy (non-hydrogen) atoms. The maximum Gasteiger partial charge on any atom is 0.263 e. The summed E-state index contributed by atoms with van der Waals surface area (Å²) in [6, 6.07) is 5.95. The minimum absolute atomic E-state index is 0.197. The van der Waals surface area contributed by atoms with Crippen molar-refractivity contribution in [1.82, 2.24) is 24.7 Å². The van der Waals surface area contributed by atoms with E-state index in [1.807, 2.05) is 24.4 Å². The second-order valence-corrected chi connectivity index (χ2v) is 5.82. The first kappa shape index (κ1) is 15.3. The van der Waals surface area contributed by atoms with Gasteiger partial charge in [-0.3, -0.25) is 14.5 Å². The number of ether oxygens (including phenoxy) is 1. The molecule has 0 saturated carbocycles. The zero-order chi connectivity index (χ0) is 17.4. The Bertz CT molecular complexity index is 1110. The monoisotopic (exact) mass is 338 g/mol. The summed E-state index contributed by atoms with van der Waals surface area (Å²) < 4.78 is 6.88. The molecule has 3 aromatic heterocycles. The Morgan fingerprint density at radius 2 is 2.20 bits per heavy atom. The summed E-state index contributed by atoms with van der Waals surface area (Å²) >= 11 is 0. The standard InChI is InChI=1S/C17H18N6O2/c1-23-15-13(9-20-23)16(24)22-17(21-15)18-6-5-10-8-19-14-4-3-11(25-2)7-12(10)14/h3-4,7-9,19H,5-6H2,1-2H3,(H2,18,21,22,24). The minimum atomic E-state index is -0.197. The highest BCUT2D eigenvalue weighted by Gasteiger charge is 2.09. The summed E-state index contributed by atoms with van der Waals surface area (Å²) in [5.74, 6) is 1.27. The number of methoxy groups -OCH3 is 1. The van der Waals surface area contributed by atoms with Crippen LogP contribution in [0.25, 0.3) is 21.9 Å². The molecule has 0 saturated heterocycles. The molecular formula is C17H18N6O2. The summed E-state index contributed by atoms with van der Waals surface area (Å²) in [7, 11) is 3.42. The third-order valence-electron chi connectivity index (χ3n) is 4.26. The van der Waals surface area contributed by atoms with Crippen LogP contribution in [0.1, 0.15) is 5.56 Å². The third-order valence-corrected chi connectivity index (χ3v) is 4.26. The molecule has 0 aliphatic heterocycles. The van der Waals surface area contributed by atoms with Gasteiger partial charge in [0.15, 0.2) is 5.65 Å². The predicted octanol–water partition coefficient (Wildman–Crippen LogP) is 1.80. The van der Waals surface area contributed by atoms with Gasteiger partial charge >= 0.3 is 0 Å². The lowest BCUT2D eigenvalue weighted by molar-refractivity contribution is 0.415. The number of hydrogen-bond acceptors (Lipinski definition) is 5. The van der Waals surface area contributed by atoms with Crippen molar-refractivity contribution in [2.45, 2.75) is 6.42 Å². The molecule has 0 atom stereocenters. The van der Waals surface area contributed by atoms with Gasteiger partial charge in [0.25, 0.3) is 5.56 Å². The number of aromatic amines is 2. The number of aromatic nitrogens is 5. The Morgan fingerprint density at radius 1 is 1.32 bits per heavy atom. The minimum Gasteiger partial charge on any atom is -0.497 e. The molecule has 4 rings (SSSR count). The van der Waals surface area contributed by atoms with E-state index in [1.165, 1.54) is 11.8 Å². The van der Waals surface area contributed by atoms with E-state index in [1.54, 1.807) is 18.8 Å². The van der Waals surface area contributed by atoms with Crippen LogP contribution in [-0.4, -0.2) is 38.4 Å². The van der Waals surface area contributed by atoms with Gasteiger partial charge in [0.2, 0.25) is 5.95 Å². The number of hydrogen-bond donors (Lipinski definition) is 3. The molecule has 3 heterocycles. The second kappa shape index (κ2) is 5.97. The van der Waals surface area contributed by atoms with Crippen LogP contribution in [0.5, 0.6) is 5.75 Å².